The van der Waals surface area contributed by atoms with E-state index >= 15 is 0 Å². The zero-order valence-corrected chi connectivity index (χ0v) is 15.2. The molecule has 1 aromatic heterocycles. The van der Waals surface area contributed by atoms with Crippen LogP contribution in [0.15, 0.2) is 12.3 Å². The van der Waals surface area contributed by atoms with E-state index in [1.165, 1.54) is 6.07 Å². The Labute approximate surface area is 150 Å². The standard InChI is InChI=1S/C18H24F3N3O2/c1-17(2,3)26-16(25)24-10-12-8-11(12)9-14(24)5-4-13-6-7-22-15(23-13)18(19,20)21/h6-7,11-12,14H,4-5,8-10H2,1-3H3/t11-,12+,14-/m1/s1. The maximum absolute atomic E-state index is 12.8. The van der Waals surface area contributed by atoms with Crippen molar-refractivity contribution in [2.45, 2.75) is 64.3 Å². The van der Waals surface area contributed by atoms with Crippen molar-refractivity contribution >= 4 is 6.09 Å². The van der Waals surface area contributed by atoms with Crippen LogP contribution in [0.2, 0.25) is 0 Å². The van der Waals surface area contributed by atoms with Crippen molar-refractivity contribution < 1.29 is 22.7 Å². The van der Waals surface area contributed by atoms with E-state index < -0.39 is 17.6 Å². The summed E-state index contributed by atoms with van der Waals surface area (Å²) in [7, 11) is 0. The number of carbonyl (C=O) groups excluding carboxylic acids is 1. The lowest BCUT2D eigenvalue weighted by atomic mass is 9.97. The third-order valence-electron chi connectivity index (χ3n) is 4.84. The number of amides is 1. The Morgan fingerprint density at radius 2 is 2.00 bits per heavy atom. The molecule has 144 valence electrons. The summed E-state index contributed by atoms with van der Waals surface area (Å²) in [4.78, 5) is 21.2. The van der Waals surface area contributed by atoms with Crippen molar-refractivity contribution in [1.82, 2.24) is 14.9 Å². The first kappa shape index (κ1) is 18.9. The van der Waals surface area contributed by atoms with Gasteiger partial charge in [0.2, 0.25) is 5.82 Å². The van der Waals surface area contributed by atoms with Crippen LogP contribution >= 0.6 is 0 Å². The summed E-state index contributed by atoms with van der Waals surface area (Å²) < 4.78 is 43.8. The van der Waals surface area contributed by atoms with E-state index in [1.807, 2.05) is 20.8 Å². The van der Waals surface area contributed by atoms with Gasteiger partial charge in [0.25, 0.3) is 0 Å². The fraction of sp³-hybridized carbons (Fsp3) is 0.722. The first-order valence-corrected chi connectivity index (χ1v) is 8.91. The van der Waals surface area contributed by atoms with Crippen LogP contribution in [0.25, 0.3) is 0 Å². The lowest BCUT2D eigenvalue weighted by Crippen LogP contribution is -2.47. The number of aromatic nitrogens is 2. The Kier molecular flexibility index (Phi) is 4.88. The average Bonchev–Trinajstić information content (AvgIpc) is 3.28. The summed E-state index contributed by atoms with van der Waals surface area (Å²) in [5.41, 5.74) is -0.231. The number of alkyl halides is 3. The minimum Gasteiger partial charge on any atom is -0.444 e. The summed E-state index contributed by atoms with van der Waals surface area (Å²) in [6.07, 6.45) is -0.836. The quantitative estimate of drug-likeness (QED) is 0.804. The number of nitrogens with zero attached hydrogens (tertiary/aromatic N) is 3. The molecule has 1 saturated heterocycles. The number of fused-ring (bicyclic) bond motifs is 1. The number of carbonyl (C=O) groups is 1. The predicted octanol–water partition coefficient (Wildman–Crippen LogP) is 4.07. The lowest BCUT2D eigenvalue weighted by molar-refractivity contribution is -0.145. The van der Waals surface area contributed by atoms with Gasteiger partial charge in [0, 0.05) is 24.5 Å². The third-order valence-corrected chi connectivity index (χ3v) is 4.84. The van der Waals surface area contributed by atoms with E-state index in [0.717, 1.165) is 19.0 Å². The van der Waals surface area contributed by atoms with Crippen LogP contribution in [-0.4, -0.2) is 39.1 Å². The monoisotopic (exact) mass is 371 g/mol. The number of hydrogen-bond donors (Lipinski definition) is 0. The Morgan fingerprint density at radius 3 is 2.65 bits per heavy atom. The lowest BCUT2D eigenvalue weighted by Gasteiger charge is -2.36. The molecule has 5 nitrogen and oxygen atoms in total. The second-order valence-electron chi connectivity index (χ2n) is 8.19. The minimum atomic E-state index is -4.55. The molecule has 1 saturated carbocycles. The van der Waals surface area contributed by atoms with Gasteiger partial charge in [-0.1, -0.05) is 0 Å². The van der Waals surface area contributed by atoms with Gasteiger partial charge in [0.15, 0.2) is 0 Å². The third kappa shape index (κ3) is 4.65. The van der Waals surface area contributed by atoms with E-state index in [2.05, 4.69) is 9.97 Å². The molecular weight excluding hydrogens is 347 g/mol. The fourth-order valence-electron chi connectivity index (χ4n) is 3.51. The van der Waals surface area contributed by atoms with Gasteiger partial charge in [-0.3, -0.25) is 0 Å². The minimum absolute atomic E-state index is 0.0297. The van der Waals surface area contributed by atoms with E-state index in [1.54, 1.807) is 4.90 Å². The highest BCUT2D eigenvalue weighted by atomic mass is 19.4. The summed E-state index contributed by atoms with van der Waals surface area (Å²) >= 11 is 0. The molecule has 3 atom stereocenters. The molecule has 0 unspecified atom stereocenters. The highest BCUT2D eigenvalue weighted by molar-refractivity contribution is 5.69. The van der Waals surface area contributed by atoms with Crippen molar-refractivity contribution in [1.29, 1.82) is 0 Å². The zero-order valence-electron chi connectivity index (χ0n) is 15.2. The Morgan fingerprint density at radius 1 is 1.27 bits per heavy atom. The van der Waals surface area contributed by atoms with Gasteiger partial charge in [-0.2, -0.15) is 13.2 Å². The molecule has 8 heteroatoms. The van der Waals surface area contributed by atoms with Crippen LogP contribution in [0, 0.1) is 11.8 Å². The fourth-order valence-corrected chi connectivity index (χ4v) is 3.51. The molecule has 1 aromatic rings. The molecule has 2 fully saturated rings. The van der Waals surface area contributed by atoms with E-state index in [-0.39, 0.29) is 12.1 Å². The largest absolute Gasteiger partial charge is 0.451 e. The van der Waals surface area contributed by atoms with Gasteiger partial charge in [0.05, 0.1) is 0 Å². The maximum atomic E-state index is 12.8. The van der Waals surface area contributed by atoms with Gasteiger partial charge in [-0.05, 0) is 64.4 Å². The van der Waals surface area contributed by atoms with Gasteiger partial charge < -0.3 is 9.64 Å². The molecular formula is C18H24F3N3O2. The number of rotatable bonds is 3. The first-order chi connectivity index (χ1) is 12.0. The SMILES string of the molecule is CC(C)(C)OC(=O)N1C[C@@H]2C[C@@H]2C[C@H]1CCc1ccnc(C(F)(F)F)n1. The van der Waals surface area contributed by atoms with Crippen molar-refractivity contribution in [3.8, 4) is 0 Å². The van der Waals surface area contributed by atoms with Crippen LogP contribution in [-0.2, 0) is 17.3 Å². The molecule has 0 radical (unpaired) electrons. The summed E-state index contributed by atoms with van der Waals surface area (Å²) in [6, 6.07) is 1.47. The molecule has 0 aromatic carbocycles. The van der Waals surface area contributed by atoms with Crippen molar-refractivity contribution in [3.63, 3.8) is 0 Å². The number of likely N-dealkylation sites (tertiary alicyclic amines) is 1. The van der Waals surface area contributed by atoms with Crippen LogP contribution in [0.5, 0.6) is 0 Å². The number of piperidine rings is 1. The second-order valence-corrected chi connectivity index (χ2v) is 8.19. The number of halogens is 3. The molecule has 1 aliphatic heterocycles. The van der Waals surface area contributed by atoms with E-state index in [9.17, 15) is 18.0 Å². The molecule has 26 heavy (non-hydrogen) atoms. The zero-order chi connectivity index (χ0) is 19.1. The summed E-state index contributed by atoms with van der Waals surface area (Å²) in [6.45, 7) is 6.14. The average molecular weight is 371 g/mol. The molecule has 1 amide bonds. The van der Waals surface area contributed by atoms with Crippen LogP contribution in [0.1, 0.15) is 51.6 Å². The second kappa shape index (κ2) is 6.70. The summed E-state index contributed by atoms with van der Waals surface area (Å²) in [5.74, 6) is 0.0365. The van der Waals surface area contributed by atoms with Crippen LogP contribution < -0.4 is 0 Å². The van der Waals surface area contributed by atoms with Gasteiger partial charge >= 0.3 is 12.3 Å². The Bertz CT molecular complexity index is 672. The highest BCUT2D eigenvalue weighted by Crippen LogP contribution is 2.48. The first-order valence-electron chi connectivity index (χ1n) is 8.91. The topological polar surface area (TPSA) is 55.3 Å². The van der Waals surface area contributed by atoms with Crippen LogP contribution in [0.3, 0.4) is 0 Å². The van der Waals surface area contributed by atoms with Gasteiger partial charge in [0.1, 0.15) is 5.60 Å². The predicted molar refractivity (Wildman–Crippen MR) is 88.3 cm³/mol. The molecule has 0 N–H and O–H groups in total. The number of ether oxygens (including phenoxy) is 1. The van der Waals surface area contributed by atoms with Crippen molar-refractivity contribution in [2.24, 2.45) is 11.8 Å². The maximum Gasteiger partial charge on any atom is 0.451 e. The summed E-state index contributed by atoms with van der Waals surface area (Å²) in [5, 5.41) is 0. The molecule has 3 rings (SSSR count). The Hall–Kier alpha value is -1.86. The van der Waals surface area contributed by atoms with E-state index in [0.29, 0.717) is 36.9 Å². The van der Waals surface area contributed by atoms with Crippen LogP contribution in [0.4, 0.5) is 18.0 Å². The van der Waals surface area contributed by atoms with Gasteiger partial charge in [-0.25, -0.2) is 14.8 Å². The van der Waals surface area contributed by atoms with Crippen molar-refractivity contribution in [3.05, 3.63) is 23.8 Å². The molecule has 2 heterocycles. The Balaban J connectivity index is 1.66. The number of hydrogen-bond acceptors (Lipinski definition) is 4. The normalized spacial score (nSPS) is 25.6. The molecule has 0 bridgehead atoms. The molecule has 0 spiro atoms. The molecule has 2 aliphatic rings. The van der Waals surface area contributed by atoms with Crippen molar-refractivity contribution in [2.75, 3.05) is 6.54 Å². The highest BCUT2D eigenvalue weighted by Gasteiger charge is 2.47. The number of aryl methyl sites for hydroxylation is 1. The molecule has 1 aliphatic carbocycles. The van der Waals surface area contributed by atoms with E-state index in [4.69, 9.17) is 4.74 Å². The smallest absolute Gasteiger partial charge is 0.444 e. The van der Waals surface area contributed by atoms with Gasteiger partial charge in [-0.15, -0.1) is 0 Å².